The highest BCUT2D eigenvalue weighted by atomic mass is 19.1. The maximum atomic E-state index is 13.7. The van der Waals surface area contributed by atoms with Crippen LogP contribution in [-0.2, 0) is 0 Å². The van der Waals surface area contributed by atoms with Crippen LogP contribution in [0.15, 0.2) is 42.6 Å². The Balaban J connectivity index is 2.16. The van der Waals surface area contributed by atoms with E-state index in [9.17, 15) is 9.18 Å². The maximum absolute atomic E-state index is 13.7. The molecular formula is C16H19FN4O. The van der Waals surface area contributed by atoms with Crippen LogP contribution in [0.5, 0.6) is 0 Å². The molecule has 1 aromatic heterocycles. The summed E-state index contributed by atoms with van der Waals surface area (Å²) < 4.78 is 13.7. The van der Waals surface area contributed by atoms with Crippen LogP contribution in [0.25, 0.3) is 0 Å². The standard InChI is InChI=1S/C16H19FN4O/c1-11(18-2)10-20-16(22)12-6-5-9-19-15(12)21-14-8-4-3-7-13(14)17/h3-9,11,18H,10H2,1-2H3,(H,19,21)(H,20,22). The maximum Gasteiger partial charge on any atom is 0.255 e. The minimum atomic E-state index is -0.400. The van der Waals surface area contributed by atoms with Crippen molar-refractivity contribution in [2.75, 3.05) is 18.9 Å². The first-order valence-corrected chi connectivity index (χ1v) is 7.04. The molecule has 1 heterocycles. The molecule has 2 rings (SSSR count). The number of likely N-dealkylation sites (N-methyl/N-ethyl adjacent to an activating group) is 1. The number of rotatable bonds is 6. The van der Waals surface area contributed by atoms with Gasteiger partial charge in [0.2, 0.25) is 0 Å². The molecule has 5 nitrogen and oxygen atoms in total. The molecule has 0 saturated carbocycles. The average molecular weight is 302 g/mol. The number of pyridine rings is 1. The molecule has 22 heavy (non-hydrogen) atoms. The van der Waals surface area contributed by atoms with Crippen LogP contribution in [0, 0.1) is 5.82 Å². The number of amides is 1. The first-order chi connectivity index (χ1) is 10.6. The van der Waals surface area contributed by atoms with E-state index in [0.717, 1.165) is 0 Å². The van der Waals surface area contributed by atoms with Crippen molar-refractivity contribution in [2.24, 2.45) is 0 Å². The third-order valence-corrected chi connectivity index (χ3v) is 3.24. The molecule has 0 radical (unpaired) electrons. The zero-order valence-corrected chi connectivity index (χ0v) is 12.6. The molecule has 0 bridgehead atoms. The number of aromatic nitrogens is 1. The highest BCUT2D eigenvalue weighted by molar-refractivity contribution is 5.99. The second kappa shape index (κ2) is 7.51. The predicted octanol–water partition coefficient (Wildman–Crippen LogP) is 2.30. The minimum Gasteiger partial charge on any atom is -0.350 e. The first kappa shape index (κ1) is 15.9. The van der Waals surface area contributed by atoms with E-state index in [2.05, 4.69) is 20.9 Å². The van der Waals surface area contributed by atoms with Crippen LogP contribution in [0.2, 0.25) is 0 Å². The van der Waals surface area contributed by atoms with Crippen LogP contribution < -0.4 is 16.0 Å². The lowest BCUT2D eigenvalue weighted by molar-refractivity contribution is 0.0951. The van der Waals surface area contributed by atoms with E-state index in [0.29, 0.717) is 17.9 Å². The molecule has 0 aliphatic rings. The molecule has 1 aromatic carbocycles. The van der Waals surface area contributed by atoms with Gasteiger partial charge in [-0.3, -0.25) is 4.79 Å². The number of carbonyl (C=O) groups excluding carboxylic acids is 1. The van der Waals surface area contributed by atoms with Gasteiger partial charge in [0.25, 0.3) is 5.91 Å². The Hall–Kier alpha value is -2.47. The Kier molecular flexibility index (Phi) is 5.43. The fourth-order valence-electron chi connectivity index (χ4n) is 1.82. The van der Waals surface area contributed by atoms with Crippen LogP contribution in [0.4, 0.5) is 15.9 Å². The van der Waals surface area contributed by atoms with Crippen molar-refractivity contribution in [1.82, 2.24) is 15.6 Å². The average Bonchev–Trinajstić information content (AvgIpc) is 2.55. The lowest BCUT2D eigenvalue weighted by Crippen LogP contribution is -2.37. The number of hydrogen-bond donors (Lipinski definition) is 3. The summed E-state index contributed by atoms with van der Waals surface area (Å²) in [5.74, 6) is -0.334. The summed E-state index contributed by atoms with van der Waals surface area (Å²) in [4.78, 5) is 16.4. The highest BCUT2D eigenvalue weighted by Crippen LogP contribution is 2.20. The molecule has 0 spiro atoms. The van der Waals surface area contributed by atoms with E-state index in [-0.39, 0.29) is 17.6 Å². The zero-order chi connectivity index (χ0) is 15.9. The lowest BCUT2D eigenvalue weighted by atomic mass is 10.2. The second-order valence-corrected chi connectivity index (χ2v) is 4.90. The lowest BCUT2D eigenvalue weighted by Gasteiger charge is -2.14. The van der Waals surface area contributed by atoms with Crippen LogP contribution in [0.1, 0.15) is 17.3 Å². The molecule has 0 saturated heterocycles. The molecule has 3 N–H and O–H groups in total. The molecular weight excluding hydrogens is 283 g/mol. The number of nitrogens with zero attached hydrogens (tertiary/aromatic N) is 1. The SMILES string of the molecule is CNC(C)CNC(=O)c1cccnc1Nc1ccccc1F. The molecule has 0 aliphatic carbocycles. The fourth-order valence-corrected chi connectivity index (χ4v) is 1.82. The Morgan fingerprint density at radius 3 is 2.77 bits per heavy atom. The summed E-state index contributed by atoms with van der Waals surface area (Å²) in [5, 5.41) is 8.71. The number of carbonyl (C=O) groups is 1. The van der Waals surface area contributed by atoms with Crippen LogP contribution in [-0.4, -0.2) is 30.5 Å². The Labute approximate surface area is 129 Å². The number of anilines is 2. The summed E-state index contributed by atoms with van der Waals surface area (Å²) in [6.07, 6.45) is 1.55. The van der Waals surface area contributed by atoms with E-state index < -0.39 is 5.82 Å². The van der Waals surface area contributed by atoms with Gasteiger partial charge in [0.15, 0.2) is 0 Å². The van der Waals surface area contributed by atoms with Crippen molar-refractivity contribution in [1.29, 1.82) is 0 Å². The van der Waals surface area contributed by atoms with E-state index in [4.69, 9.17) is 0 Å². The summed E-state index contributed by atoms with van der Waals surface area (Å²) in [7, 11) is 1.83. The Morgan fingerprint density at radius 1 is 1.27 bits per heavy atom. The van der Waals surface area contributed by atoms with Gasteiger partial charge in [-0.25, -0.2) is 9.37 Å². The number of halogens is 1. The van der Waals surface area contributed by atoms with Gasteiger partial charge >= 0.3 is 0 Å². The summed E-state index contributed by atoms with van der Waals surface area (Å²) >= 11 is 0. The van der Waals surface area contributed by atoms with Gasteiger partial charge in [-0.05, 0) is 38.2 Å². The zero-order valence-electron chi connectivity index (χ0n) is 12.6. The van der Waals surface area contributed by atoms with E-state index in [1.807, 2.05) is 14.0 Å². The van der Waals surface area contributed by atoms with Gasteiger partial charge in [-0.1, -0.05) is 12.1 Å². The van der Waals surface area contributed by atoms with Crippen LogP contribution in [0.3, 0.4) is 0 Å². The van der Waals surface area contributed by atoms with Gasteiger partial charge in [0.1, 0.15) is 11.6 Å². The van der Waals surface area contributed by atoms with Gasteiger partial charge in [-0.2, -0.15) is 0 Å². The van der Waals surface area contributed by atoms with Gasteiger partial charge in [-0.15, -0.1) is 0 Å². The van der Waals surface area contributed by atoms with E-state index >= 15 is 0 Å². The number of benzene rings is 1. The van der Waals surface area contributed by atoms with Crippen molar-refractivity contribution in [3.05, 3.63) is 54.0 Å². The first-order valence-electron chi connectivity index (χ1n) is 7.04. The van der Waals surface area contributed by atoms with Crippen molar-refractivity contribution in [3.63, 3.8) is 0 Å². The van der Waals surface area contributed by atoms with Crippen LogP contribution >= 0.6 is 0 Å². The van der Waals surface area contributed by atoms with Crippen molar-refractivity contribution < 1.29 is 9.18 Å². The monoisotopic (exact) mass is 302 g/mol. The van der Waals surface area contributed by atoms with Gasteiger partial charge < -0.3 is 16.0 Å². The largest absolute Gasteiger partial charge is 0.350 e. The quantitative estimate of drug-likeness (QED) is 0.766. The summed E-state index contributed by atoms with van der Waals surface area (Å²) in [6.45, 7) is 2.45. The molecule has 2 aromatic rings. The molecule has 1 atom stereocenters. The third-order valence-electron chi connectivity index (χ3n) is 3.24. The normalized spacial score (nSPS) is 11.8. The number of para-hydroxylation sites is 1. The molecule has 1 unspecified atom stereocenters. The minimum absolute atomic E-state index is 0.156. The fraction of sp³-hybridized carbons (Fsp3) is 0.250. The molecule has 0 fully saturated rings. The van der Waals surface area contributed by atoms with Gasteiger partial charge in [0.05, 0.1) is 11.3 Å². The Morgan fingerprint density at radius 2 is 2.05 bits per heavy atom. The summed E-state index contributed by atoms with van der Waals surface area (Å²) in [5.41, 5.74) is 0.646. The smallest absolute Gasteiger partial charge is 0.255 e. The number of hydrogen-bond acceptors (Lipinski definition) is 4. The molecule has 6 heteroatoms. The topological polar surface area (TPSA) is 66.0 Å². The molecule has 1 amide bonds. The summed E-state index contributed by atoms with van der Waals surface area (Å²) in [6, 6.07) is 9.73. The van der Waals surface area contributed by atoms with Crippen molar-refractivity contribution in [3.8, 4) is 0 Å². The predicted molar refractivity (Wildman–Crippen MR) is 84.8 cm³/mol. The van der Waals surface area contributed by atoms with Crippen molar-refractivity contribution in [2.45, 2.75) is 13.0 Å². The second-order valence-electron chi connectivity index (χ2n) is 4.90. The van der Waals surface area contributed by atoms with E-state index in [1.54, 1.807) is 36.5 Å². The van der Waals surface area contributed by atoms with E-state index in [1.165, 1.54) is 6.07 Å². The highest BCUT2D eigenvalue weighted by Gasteiger charge is 2.14. The van der Waals surface area contributed by atoms with Gasteiger partial charge in [0, 0.05) is 18.8 Å². The molecule has 116 valence electrons. The Bertz CT molecular complexity index is 648. The third kappa shape index (κ3) is 4.02. The number of nitrogens with one attached hydrogen (secondary N) is 3. The van der Waals surface area contributed by atoms with Crippen molar-refractivity contribution >= 4 is 17.4 Å². The molecule has 0 aliphatic heterocycles.